The van der Waals surface area contributed by atoms with Crippen LogP contribution in [0.25, 0.3) is 0 Å². The van der Waals surface area contributed by atoms with E-state index in [1.54, 1.807) is 0 Å². The largest absolute Gasteiger partial charge is 0.340 e. The lowest BCUT2D eigenvalue weighted by Crippen LogP contribution is -2.13. The molecule has 0 spiro atoms. The standard InChI is InChI=1S/C13H16FN5/c1-3-11-12(16-7-17-13(11)19-15)18-10-5-8(2)4-9(14)6-10/h4-7H,3,15H2,1-2H3,(H2,16,17,18,19). The summed E-state index contributed by atoms with van der Waals surface area (Å²) in [7, 11) is 0. The van der Waals surface area contributed by atoms with E-state index in [9.17, 15) is 4.39 Å². The van der Waals surface area contributed by atoms with Gasteiger partial charge in [-0.1, -0.05) is 6.92 Å². The van der Waals surface area contributed by atoms with Crippen LogP contribution in [0.15, 0.2) is 24.5 Å². The highest BCUT2D eigenvalue weighted by Crippen LogP contribution is 2.24. The van der Waals surface area contributed by atoms with Gasteiger partial charge in [0.2, 0.25) is 0 Å². The molecule has 2 aromatic rings. The van der Waals surface area contributed by atoms with Crippen molar-refractivity contribution in [1.82, 2.24) is 9.97 Å². The second-order valence-electron chi connectivity index (χ2n) is 4.19. The van der Waals surface area contributed by atoms with Crippen LogP contribution in [0.5, 0.6) is 0 Å². The van der Waals surface area contributed by atoms with Crippen molar-refractivity contribution in [2.75, 3.05) is 10.7 Å². The third-order valence-electron chi connectivity index (χ3n) is 2.74. The quantitative estimate of drug-likeness (QED) is 0.582. The van der Waals surface area contributed by atoms with Gasteiger partial charge in [-0.2, -0.15) is 0 Å². The van der Waals surface area contributed by atoms with Crippen LogP contribution >= 0.6 is 0 Å². The molecular formula is C13H16FN5. The molecule has 1 heterocycles. The van der Waals surface area contributed by atoms with E-state index in [-0.39, 0.29) is 5.82 Å². The molecule has 2 rings (SSSR count). The fraction of sp³-hybridized carbons (Fsp3) is 0.231. The summed E-state index contributed by atoms with van der Waals surface area (Å²) >= 11 is 0. The molecule has 0 bridgehead atoms. The summed E-state index contributed by atoms with van der Waals surface area (Å²) in [5.74, 6) is 6.31. The zero-order valence-electron chi connectivity index (χ0n) is 10.9. The summed E-state index contributed by atoms with van der Waals surface area (Å²) in [5, 5.41) is 3.09. The Morgan fingerprint density at radius 2 is 1.95 bits per heavy atom. The first-order valence-corrected chi connectivity index (χ1v) is 5.98. The minimum Gasteiger partial charge on any atom is -0.340 e. The van der Waals surface area contributed by atoms with E-state index in [0.717, 1.165) is 11.1 Å². The van der Waals surface area contributed by atoms with Crippen molar-refractivity contribution in [3.63, 3.8) is 0 Å². The van der Waals surface area contributed by atoms with Crippen molar-refractivity contribution in [3.05, 3.63) is 41.5 Å². The maximum Gasteiger partial charge on any atom is 0.148 e. The summed E-state index contributed by atoms with van der Waals surface area (Å²) < 4.78 is 13.4. The lowest BCUT2D eigenvalue weighted by atomic mass is 10.2. The molecule has 19 heavy (non-hydrogen) atoms. The van der Waals surface area contributed by atoms with Crippen molar-refractivity contribution >= 4 is 17.3 Å². The molecule has 0 saturated carbocycles. The van der Waals surface area contributed by atoms with Gasteiger partial charge >= 0.3 is 0 Å². The highest BCUT2D eigenvalue weighted by atomic mass is 19.1. The van der Waals surface area contributed by atoms with Gasteiger partial charge < -0.3 is 10.7 Å². The molecule has 0 atom stereocenters. The summed E-state index contributed by atoms with van der Waals surface area (Å²) in [4.78, 5) is 8.22. The average molecular weight is 261 g/mol. The Hall–Kier alpha value is -2.21. The highest BCUT2D eigenvalue weighted by Gasteiger charge is 2.09. The van der Waals surface area contributed by atoms with Gasteiger partial charge in [-0.3, -0.25) is 0 Å². The van der Waals surface area contributed by atoms with Crippen molar-refractivity contribution < 1.29 is 4.39 Å². The van der Waals surface area contributed by atoms with Crippen LogP contribution in [0.1, 0.15) is 18.1 Å². The van der Waals surface area contributed by atoms with Crippen molar-refractivity contribution in [3.8, 4) is 0 Å². The molecule has 6 heteroatoms. The first-order valence-electron chi connectivity index (χ1n) is 5.98. The van der Waals surface area contributed by atoms with Crippen molar-refractivity contribution in [2.45, 2.75) is 20.3 Å². The van der Waals surface area contributed by atoms with Gasteiger partial charge in [0.15, 0.2) is 0 Å². The summed E-state index contributed by atoms with van der Waals surface area (Å²) in [5.41, 5.74) is 4.87. The number of nitrogens with one attached hydrogen (secondary N) is 2. The first kappa shape index (κ1) is 13.2. The number of halogens is 1. The van der Waals surface area contributed by atoms with Gasteiger partial charge in [0.05, 0.1) is 0 Å². The normalized spacial score (nSPS) is 10.3. The van der Waals surface area contributed by atoms with Crippen LogP contribution in [0.3, 0.4) is 0 Å². The van der Waals surface area contributed by atoms with Crippen LogP contribution < -0.4 is 16.6 Å². The molecule has 4 N–H and O–H groups in total. The zero-order chi connectivity index (χ0) is 13.8. The Labute approximate surface area is 111 Å². The molecule has 0 aliphatic rings. The summed E-state index contributed by atoms with van der Waals surface area (Å²) in [6.07, 6.45) is 2.11. The zero-order valence-corrected chi connectivity index (χ0v) is 10.9. The van der Waals surface area contributed by atoms with Gasteiger partial charge in [-0.05, 0) is 37.1 Å². The molecule has 0 fully saturated rings. The van der Waals surface area contributed by atoms with Gasteiger partial charge in [-0.15, -0.1) is 0 Å². The number of anilines is 3. The molecule has 0 aliphatic carbocycles. The molecule has 1 aromatic heterocycles. The van der Waals surface area contributed by atoms with Gasteiger partial charge in [0.1, 0.15) is 23.8 Å². The van der Waals surface area contributed by atoms with Crippen LogP contribution in [0.2, 0.25) is 0 Å². The van der Waals surface area contributed by atoms with Gasteiger partial charge in [0.25, 0.3) is 0 Å². The summed E-state index contributed by atoms with van der Waals surface area (Å²) in [6, 6.07) is 4.74. The van der Waals surface area contributed by atoms with E-state index >= 15 is 0 Å². The fourth-order valence-electron chi connectivity index (χ4n) is 1.92. The second kappa shape index (κ2) is 5.62. The van der Waals surface area contributed by atoms with Gasteiger partial charge in [-0.25, -0.2) is 20.2 Å². The van der Waals surface area contributed by atoms with E-state index in [2.05, 4.69) is 20.7 Å². The predicted octanol–water partition coefficient (Wildman–Crippen LogP) is 2.52. The third-order valence-corrected chi connectivity index (χ3v) is 2.74. The number of hydrogen-bond donors (Lipinski definition) is 3. The van der Waals surface area contributed by atoms with E-state index < -0.39 is 0 Å². The molecule has 5 nitrogen and oxygen atoms in total. The Kier molecular flexibility index (Phi) is 3.91. The minimum atomic E-state index is -0.285. The van der Waals surface area contributed by atoms with Crippen LogP contribution in [-0.4, -0.2) is 9.97 Å². The Morgan fingerprint density at radius 1 is 1.21 bits per heavy atom. The number of nitrogens with two attached hydrogens (primary N) is 1. The SMILES string of the molecule is CCc1c(NN)ncnc1Nc1cc(C)cc(F)c1. The highest BCUT2D eigenvalue weighted by molar-refractivity contribution is 5.65. The second-order valence-corrected chi connectivity index (χ2v) is 4.19. The van der Waals surface area contributed by atoms with E-state index in [4.69, 9.17) is 5.84 Å². The number of hydrogen-bond acceptors (Lipinski definition) is 5. The minimum absolute atomic E-state index is 0.285. The molecule has 0 aliphatic heterocycles. The monoisotopic (exact) mass is 261 g/mol. The number of nitrogen functional groups attached to an aromatic ring is 1. The molecule has 1 aromatic carbocycles. The van der Waals surface area contributed by atoms with Crippen LogP contribution in [0.4, 0.5) is 21.7 Å². The number of nitrogens with zero attached hydrogens (tertiary/aromatic N) is 2. The summed E-state index contributed by atoms with van der Waals surface area (Å²) in [6.45, 7) is 3.81. The molecule has 0 saturated heterocycles. The Balaban J connectivity index is 2.37. The molecule has 0 unspecified atom stereocenters. The van der Waals surface area contributed by atoms with Crippen molar-refractivity contribution in [2.24, 2.45) is 5.84 Å². The molecule has 0 amide bonds. The first-order chi connectivity index (χ1) is 9.13. The number of aromatic nitrogens is 2. The molecular weight excluding hydrogens is 245 g/mol. The molecule has 100 valence electrons. The molecule has 0 radical (unpaired) electrons. The smallest absolute Gasteiger partial charge is 0.148 e. The third kappa shape index (κ3) is 2.97. The maximum absolute atomic E-state index is 13.4. The number of hydrazine groups is 1. The van der Waals surface area contributed by atoms with Crippen LogP contribution in [0, 0.1) is 12.7 Å². The average Bonchev–Trinajstić information content (AvgIpc) is 2.37. The fourth-order valence-corrected chi connectivity index (χ4v) is 1.92. The van der Waals surface area contributed by atoms with Crippen LogP contribution in [-0.2, 0) is 6.42 Å². The van der Waals surface area contributed by atoms with E-state index in [1.165, 1.54) is 18.5 Å². The Bertz CT molecular complexity index is 565. The van der Waals surface area contributed by atoms with Crippen molar-refractivity contribution in [1.29, 1.82) is 0 Å². The maximum atomic E-state index is 13.4. The van der Waals surface area contributed by atoms with Gasteiger partial charge in [0, 0.05) is 11.3 Å². The Morgan fingerprint density at radius 3 is 2.58 bits per heavy atom. The topological polar surface area (TPSA) is 75.9 Å². The number of rotatable bonds is 4. The predicted molar refractivity (Wildman–Crippen MR) is 73.6 cm³/mol. The number of benzene rings is 1. The number of aryl methyl sites for hydroxylation is 1. The lowest BCUT2D eigenvalue weighted by molar-refractivity contribution is 0.627. The van der Waals surface area contributed by atoms with E-state index in [0.29, 0.717) is 23.7 Å². The van der Waals surface area contributed by atoms with E-state index in [1.807, 2.05) is 19.9 Å². The lowest BCUT2D eigenvalue weighted by Gasteiger charge is -2.13.